The van der Waals surface area contributed by atoms with Crippen LogP contribution in [0.2, 0.25) is 0 Å². The Morgan fingerprint density at radius 1 is 1.53 bits per heavy atom. The van der Waals surface area contributed by atoms with Crippen molar-refractivity contribution in [1.29, 1.82) is 0 Å². The Morgan fingerprint density at radius 2 is 2.41 bits per heavy atom. The number of carbonyl (C=O) groups is 1. The first-order chi connectivity index (χ1) is 8.33. The van der Waals surface area contributed by atoms with Gasteiger partial charge in [-0.2, -0.15) is 0 Å². The molecule has 1 aromatic rings. The number of aliphatic hydroxyl groups excluding tert-OH is 1. The molecule has 4 heteroatoms. The zero-order valence-corrected chi connectivity index (χ0v) is 10.8. The number of thiophene rings is 1. The molecule has 3 nitrogen and oxygen atoms in total. The summed E-state index contributed by atoms with van der Waals surface area (Å²) in [5.41, 5.74) is 0. The predicted molar refractivity (Wildman–Crippen MR) is 68.9 cm³/mol. The van der Waals surface area contributed by atoms with Crippen LogP contribution in [0.25, 0.3) is 0 Å². The highest BCUT2D eigenvalue weighted by molar-refractivity contribution is 7.10. The van der Waals surface area contributed by atoms with Gasteiger partial charge >= 0.3 is 0 Å². The van der Waals surface area contributed by atoms with Crippen LogP contribution in [0.3, 0.4) is 0 Å². The third-order valence-corrected chi connectivity index (χ3v) is 4.22. The lowest BCUT2D eigenvalue weighted by atomic mass is 10.1. The Balaban J connectivity index is 1.93. The molecule has 1 N–H and O–H groups in total. The average molecular weight is 253 g/mol. The van der Waals surface area contributed by atoms with Crippen molar-refractivity contribution in [2.45, 2.75) is 38.1 Å². The molecule has 0 bridgehead atoms. The second kappa shape index (κ2) is 6.17. The molecule has 1 unspecified atom stereocenters. The molecule has 17 heavy (non-hydrogen) atoms. The van der Waals surface area contributed by atoms with Crippen molar-refractivity contribution in [2.24, 2.45) is 0 Å². The highest BCUT2D eigenvalue weighted by Crippen LogP contribution is 2.34. The Hall–Kier alpha value is -0.870. The zero-order chi connectivity index (χ0) is 12.1. The molecule has 1 aliphatic heterocycles. The molecular formula is C13H19NO2S. The van der Waals surface area contributed by atoms with E-state index in [1.807, 2.05) is 11.0 Å². The standard InChI is InChI=1S/C13H19NO2S/c15-9-2-1-7-13(16)14-8-3-5-11(14)12-6-4-10-17-12/h4,6,10-11,15H,1-3,5,7-9H2. The summed E-state index contributed by atoms with van der Waals surface area (Å²) in [6, 6.07) is 4.47. The quantitative estimate of drug-likeness (QED) is 0.819. The van der Waals surface area contributed by atoms with Gasteiger partial charge in [0.15, 0.2) is 0 Å². The van der Waals surface area contributed by atoms with Gasteiger partial charge in [-0.05, 0) is 37.1 Å². The van der Waals surface area contributed by atoms with E-state index in [-0.39, 0.29) is 12.5 Å². The fraction of sp³-hybridized carbons (Fsp3) is 0.615. The number of carbonyl (C=O) groups excluding carboxylic acids is 1. The summed E-state index contributed by atoms with van der Waals surface area (Å²) in [4.78, 5) is 15.4. The van der Waals surface area contributed by atoms with E-state index in [4.69, 9.17) is 5.11 Å². The van der Waals surface area contributed by atoms with Crippen molar-refractivity contribution < 1.29 is 9.90 Å². The van der Waals surface area contributed by atoms with Gasteiger partial charge in [-0.25, -0.2) is 0 Å². The maximum atomic E-state index is 12.1. The smallest absolute Gasteiger partial charge is 0.223 e. The summed E-state index contributed by atoms with van der Waals surface area (Å²) in [5.74, 6) is 0.245. The third kappa shape index (κ3) is 3.07. The van der Waals surface area contributed by atoms with Crippen LogP contribution in [0, 0.1) is 0 Å². The van der Waals surface area contributed by atoms with Crippen molar-refractivity contribution in [3.8, 4) is 0 Å². The van der Waals surface area contributed by atoms with Crippen molar-refractivity contribution >= 4 is 17.2 Å². The molecular weight excluding hydrogens is 234 g/mol. The molecule has 1 aliphatic rings. The molecule has 0 radical (unpaired) electrons. The van der Waals surface area contributed by atoms with Gasteiger partial charge in [0.1, 0.15) is 0 Å². The normalized spacial score (nSPS) is 19.8. The average Bonchev–Trinajstić information content (AvgIpc) is 2.99. The number of aliphatic hydroxyl groups is 1. The minimum absolute atomic E-state index is 0.182. The molecule has 0 spiro atoms. The topological polar surface area (TPSA) is 40.5 Å². The summed E-state index contributed by atoms with van der Waals surface area (Å²) in [5, 5.41) is 10.8. The van der Waals surface area contributed by atoms with E-state index < -0.39 is 0 Å². The summed E-state index contributed by atoms with van der Waals surface area (Å²) >= 11 is 1.74. The van der Waals surface area contributed by atoms with E-state index in [0.717, 1.165) is 32.2 Å². The molecule has 1 amide bonds. The van der Waals surface area contributed by atoms with Crippen molar-refractivity contribution in [2.75, 3.05) is 13.2 Å². The van der Waals surface area contributed by atoms with Gasteiger partial charge in [0.2, 0.25) is 5.91 Å². The van der Waals surface area contributed by atoms with Crippen molar-refractivity contribution in [3.63, 3.8) is 0 Å². The number of hydrogen-bond acceptors (Lipinski definition) is 3. The second-order valence-corrected chi connectivity index (χ2v) is 5.42. The van der Waals surface area contributed by atoms with Gasteiger partial charge < -0.3 is 10.0 Å². The number of hydrogen-bond donors (Lipinski definition) is 1. The molecule has 2 heterocycles. The second-order valence-electron chi connectivity index (χ2n) is 4.44. The Labute approximate surface area is 106 Å². The van der Waals surface area contributed by atoms with Crippen molar-refractivity contribution in [3.05, 3.63) is 22.4 Å². The molecule has 1 saturated heterocycles. The minimum Gasteiger partial charge on any atom is -0.396 e. The molecule has 0 aliphatic carbocycles. The SMILES string of the molecule is O=C(CCCCO)N1CCCC1c1cccs1. The fourth-order valence-corrected chi connectivity index (χ4v) is 3.25. The van der Waals surface area contributed by atoms with E-state index in [2.05, 4.69) is 11.4 Å². The number of nitrogens with zero attached hydrogens (tertiary/aromatic N) is 1. The zero-order valence-electron chi connectivity index (χ0n) is 9.97. The van der Waals surface area contributed by atoms with Crippen LogP contribution in [0.15, 0.2) is 17.5 Å². The van der Waals surface area contributed by atoms with E-state index in [0.29, 0.717) is 12.5 Å². The van der Waals surface area contributed by atoms with Crippen LogP contribution in [0.5, 0.6) is 0 Å². The molecule has 94 valence electrons. The first kappa shape index (κ1) is 12.6. The third-order valence-electron chi connectivity index (χ3n) is 3.24. The van der Waals surface area contributed by atoms with Crippen LogP contribution in [-0.2, 0) is 4.79 Å². The lowest BCUT2D eigenvalue weighted by Gasteiger charge is -2.23. The molecule has 1 fully saturated rings. The number of unbranched alkanes of at least 4 members (excludes halogenated alkanes) is 1. The molecule has 0 aromatic carbocycles. The maximum Gasteiger partial charge on any atom is 0.223 e. The van der Waals surface area contributed by atoms with E-state index in [1.165, 1.54) is 4.88 Å². The number of likely N-dealkylation sites (tertiary alicyclic amines) is 1. The predicted octanol–water partition coefficient (Wildman–Crippen LogP) is 2.57. The van der Waals surface area contributed by atoms with Gasteiger partial charge in [0.25, 0.3) is 0 Å². The largest absolute Gasteiger partial charge is 0.396 e. The first-order valence-corrected chi connectivity index (χ1v) is 7.14. The molecule has 1 atom stereocenters. The summed E-state index contributed by atoms with van der Waals surface area (Å²) in [7, 11) is 0. The first-order valence-electron chi connectivity index (χ1n) is 6.26. The maximum absolute atomic E-state index is 12.1. The van der Waals surface area contributed by atoms with Gasteiger partial charge in [-0.15, -0.1) is 11.3 Å². The minimum atomic E-state index is 0.182. The lowest BCUT2D eigenvalue weighted by molar-refractivity contribution is -0.132. The monoisotopic (exact) mass is 253 g/mol. The molecule has 1 aromatic heterocycles. The Kier molecular flexibility index (Phi) is 4.57. The summed E-state index contributed by atoms with van der Waals surface area (Å²) in [6.07, 6.45) is 4.29. The summed E-state index contributed by atoms with van der Waals surface area (Å²) < 4.78 is 0. The Morgan fingerprint density at radius 3 is 3.12 bits per heavy atom. The van der Waals surface area contributed by atoms with E-state index in [9.17, 15) is 4.79 Å². The highest BCUT2D eigenvalue weighted by atomic mass is 32.1. The van der Waals surface area contributed by atoms with Crippen LogP contribution in [0.1, 0.15) is 43.0 Å². The van der Waals surface area contributed by atoms with E-state index >= 15 is 0 Å². The van der Waals surface area contributed by atoms with Gasteiger partial charge in [-0.3, -0.25) is 4.79 Å². The van der Waals surface area contributed by atoms with Crippen LogP contribution in [-0.4, -0.2) is 29.1 Å². The fourth-order valence-electron chi connectivity index (χ4n) is 2.37. The van der Waals surface area contributed by atoms with Crippen LogP contribution < -0.4 is 0 Å². The highest BCUT2D eigenvalue weighted by Gasteiger charge is 2.29. The van der Waals surface area contributed by atoms with Crippen LogP contribution in [0.4, 0.5) is 0 Å². The van der Waals surface area contributed by atoms with Crippen molar-refractivity contribution in [1.82, 2.24) is 4.90 Å². The lowest BCUT2D eigenvalue weighted by Crippen LogP contribution is -2.29. The number of amides is 1. The number of rotatable bonds is 5. The van der Waals surface area contributed by atoms with Crippen LogP contribution >= 0.6 is 11.3 Å². The van der Waals surface area contributed by atoms with E-state index in [1.54, 1.807) is 11.3 Å². The molecule has 0 saturated carbocycles. The Bertz CT molecular complexity index is 350. The van der Waals surface area contributed by atoms with Gasteiger partial charge in [0.05, 0.1) is 6.04 Å². The molecule has 2 rings (SSSR count). The van der Waals surface area contributed by atoms with Gasteiger partial charge in [0, 0.05) is 24.4 Å². The summed E-state index contributed by atoms with van der Waals surface area (Å²) in [6.45, 7) is 1.07. The van der Waals surface area contributed by atoms with Gasteiger partial charge in [-0.1, -0.05) is 6.07 Å².